The Balaban J connectivity index is 2.85. The summed E-state index contributed by atoms with van der Waals surface area (Å²) in [5.74, 6) is 6.71. The van der Waals surface area contributed by atoms with Crippen LogP contribution in [0.4, 0.5) is 11.6 Å². The van der Waals surface area contributed by atoms with E-state index >= 15 is 0 Å². The molecule has 1 aromatic heterocycles. The molecule has 0 aliphatic rings. The fraction of sp³-hybridized carbons (Fsp3) is 0.636. The minimum atomic E-state index is 0.186. The van der Waals surface area contributed by atoms with Gasteiger partial charge in [-0.05, 0) is 6.92 Å². The minimum absolute atomic E-state index is 0.186. The van der Waals surface area contributed by atoms with E-state index < -0.39 is 0 Å². The van der Waals surface area contributed by atoms with Crippen LogP contribution in [-0.4, -0.2) is 50.0 Å². The summed E-state index contributed by atoms with van der Waals surface area (Å²) in [6.45, 7) is 4.02. The molecule has 3 N–H and O–H groups in total. The van der Waals surface area contributed by atoms with Gasteiger partial charge in [0.1, 0.15) is 18.0 Å². The fourth-order valence-electron chi connectivity index (χ4n) is 1.66. The number of hydrogen-bond acceptors (Lipinski definition) is 7. The lowest BCUT2D eigenvalue weighted by Gasteiger charge is -2.29. The van der Waals surface area contributed by atoms with Crippen LogP contribution in [-0.2, 0) is 9.47 Å². The van der Waals surface area contributed by atoms with E-state index in [0.29, 0.717) is 19.0 Å². The normalized spacial score (nSPS) is 12.2. The van der Waals surface area contributed by atoms with Crippen molar-refractivity contribution in [3.8, 4) is 0 Å². The molecule has 18 heavy (non-hydrogen) atoms. The second-order valence-corrected chi connectivity index (χ2v) is 3.90. The first-order valence-corrected chi connectivity index (χ1v) is 5.76. The zero-order valence-corrected chi connectivity index (χ0v) is 11.1. The predicted octanol–water partition coefficient (Wildman–Crippen LogP) is 0.250. The van der Waals surface area contributed by atoms with Crippen molar-refractivity contribution in [3.05, 3.63) is 12.4 Å². The van der Waals surface area contributed by atoms with E-state index in [1.165, 1.54) is 6.33 Å². The lowest BCUT2D eigenvalue weighted by Crippen LogP contribution is -2.39. The number of rotatable bonds is 8. The Morgan fingerprint density at radius 2 is 2.17 bits per heavy atom. The molecule has 1 aromatic rings. The van der Waals surface area contributed by atoms with Gasteiger partial charge in [-0.2, -0.15) is 0 Å². The number of hydrogen-bond donors (Lipinski definition) is 2. The number of nitrogens with one attached hydrogen (secondary N) is 1. The van der Waals surface area contributed by atoms with Gasteiger partial charge in [0.2, 0.25) is 0 Å². The molecule has 0 amide bonds. The van der Waals surface area contributed by atoms with Crippen molar-refractivity contribution in [1.82, 2.24) is 9.97 Å². The van der Waals surface area contributed by atoms with Gasteiger partial charge in [0.05, 0.1) is 19.3 Å². The highest BCUT2D eigenvalue weighted by atomic mass is 16.5. The number of ether oxygens (including phenoxy) is 2. The molecule has 1 heterocycles. The van der Waals surface area contributed by atoms with Gasteiger partial charge in [-0.1, -0.05) is 0 Å². The summed E-state index contributed by atoms with van der Waals surface area (Å²) >= 11 is 0. The van der Waals surface area contributed by atoms with Gasteiger partial charge in [0.15, 0.2) is 0 Å². The van der Waals surface area contributed by atoms with Gasteiger partial charge in [0.25, 0.3) is 0 Å². The first kappa shape index (κ1) is 14.6. The molecule has 1 rings (SSSR count). The Labute approximate surface area is 107 Å². The third-order valence-electron chi connectivity index (χ3n) is 2.57. The quantitative estimate of drug-likeness (QED) is 0.508. The zero-order chi connectivity index (χ0) is 13.4. The number of nitrogen functional groups attached to an aromatic ring is 1. The monoisotopic (exact) mass is 255 g/mol. The van der Waals surface area contributed by atoms with Crippen LogP contribution in [0, 0.1) is 0 Å². The molecular weight excluding hydrogens is 234 g/mol. The number of nitrogens with two attached hydrogens (primary N) is 1. The van der Waals surface area contributed by atoms with E-state index in [1.54, 1.807) is 20.3 Å². The smallest absolute Gasteiger partial charge is 0.145 e. The number of methoxy groups -OCH3 is 2. The van der Waals surface area contributed by atoms with Crippen LogP contribution < -0.4 is 16.2 Å². The van der Waals surface area contributed by atoms with Crippen molar-refractivity contribution in [2.45, 2.75) is 13.0 Å². The Bertz CT molecular complexity index is 350. The minimum Gasteiger partial charge on any atom is -0.383 e. The van der Waals surface area contributed by atoms with Crippen LogP contribution in [0.5, 0.6) is 0 Å². The molecule has 7 heteroatoms. The standard InChI is InChI=1S/C11H21N5O2/c1-9(7-18-3)16(4-5-17-2)11-6-10(15-12)13-8-14-11/h6,8-9H,4-5,7,12H2,1-3H3,(H,13,14,15). The van der Waals surface area contributed by atoms with Crippen molar-refractivity contribution in [3.63, 3.8) is 0 Å². The Kier molecular flexibility index (Phi) is 6.34. The number of anilines is 2. The lowest BCUT2D eigenvalue weighted by atomic mass is 10.3. The van der Waals surface area contributed by atoms with Crippen molar-refractivity contribution >= 4 is 11.6 Å². The summed E-state index contributed by atoms with van der Waals surface area (Å²) in [6, 6.07) is 1.98. The van der Waals surface area contributed by atoms with E-state index in [9.17, 15) is 0 Å². The van der Waals surface area contributed by atoms with Crippen molar-refractivity contribution in [2.24, 2.45) is 5.84 Å². The van der Waals surface area contributed by atoms with Gasteiger partial charge < -0.3 is 19.8 Å². The van der Waals surface area contributed by atoms with E-state index in [2.05, 4.69) is 27.2 Å². The third kappa shape index (κ3) is 4.10. The van der Waals surface area contributed by atoms with Gasteiger partial charge >= 0.3 is 0 Å². The largest absolute Gasteiger partial charge is 0.383 e. The molecular formula is C11H21N5O2. The topological polar surface area (TPSA) is 85.5 Å². The van der Waals surface area contributed by atoms with Gasteiger partial charge in [0, 0.05) is 26.8 Å². The van der Waals surface area contributed by atoms with Gasteiger partial charge in [-0.25, -0.2) is 15.8 Å². The van der Waals surface area contributed by atoms with Crippen LogP contribution in [0.25, 0.3) is 0 Å². The highest BCUT2D eigenvalue weighted by molar-refractivity contribution is 5.48. The number of hydrazine groups is 1. The molecule has 0 saturated carbocycles. The van der Waals surface area contributed by atoms with Crippen molar-refractivity contribution in [2.75, 3.05) is 44.3 Å². The third-order valence-corrected chi connectivity index (χ3v) is 2.57. The van der Waals surface area contributed by atoms with Crippen LogP contribution in [0.2, 0.25) is 0 Å². The summed E-state index contributed by atoms with van der Waals surface area (Å²) < 4.78 is 10.3. The first-order valence-electron chi connectivity index (χ1n) is 5.76. The molecule has 7 nitrogen and oxygen atoms in total. The summed E-state index contributed by atoms with van der Waals surface area (Å²) in [6.07, 6.45) is 1.48. The number of nitrogens with zero attached hydrogens (tertiary/aromatic N) is 3. The second-order valence-electron chi connectivity index (χ2n) is 3.90. The molecule has 0 radical (unpaired) electrons. The SMILES string of the molecule is COCCN(c1cc(NN)ncn1)C(C)COC. The summed E-state index contributed by atoms with van der Waals surface area (Å²) in [7, 11) is 3.35. The maximum atomic E-state index is 5.35. The summed E-state index contributed by atoms with van der Waals surface area (Å²) in [5.41, 5.74) is 2.51. The molecule has 1 atom stereocenters. The first-order chi connectivity index (χ1) is 8.72. The predicted molar refractivity (Wildman–Crippen MR) is 70.4 cm³/mol. The Morgan fingerprint density at radius 3 is 2.78 bits per heavy atom. The molecule has 0 aliphatic carbocycles. The molecule has 0 fully saturated rings. The van der Waals surface area contributed by atoms with Crippen LogP contribution in [0.1, 0.15) is 6.92 Å². The van der Waals surface area contributed by atoms with Crippen molar-refractivity contribution in [1.29, 1.82) is 0 Å². The zero-order valence-electron chi connectivity index (χ0n) is 11.1. The fourth-order valence-corrected chi connectivity index (χ4v) is 1.66. The highest BCUT2D eigenvalue weighted by Crippen LogP contribution is 2.16. The maximum absolute atomic E-state index is 5.35. The van der Waals surface area contributed by atoms with E-state index in [0.717, 1.165) is 12.4 Å². The van der Waals surface area contributed by atoms with Gasteiger partial charge in [-0.3, -0.25) is 0 Å². The average molecular weight is 255 g/mol. The van der Waals surface area contributed by atoms with E-state index in [1.807, 2.05) is 0 Å². The highest BCUT2D eigenvalue weighted by Gasteiger charge is 2.16. The number of aromatic nitrogens is 2. The van der Waals surface area contributed by atoms with Crippen LogP contribution in [0.3, 0.4) is 0 Å². The Hall–Kier alpha value is -1.44. The van der Waals surface area contributed by atoms with Crippen LogP contribution >= 0.6 is 0 Å². The molecule has 102 valence electrons. The molecule has 0 saturated heterocycles. The maximum Gasteiger partial charge on any atom is 0.145 e. The molecule has 0 spiro atoms. The molecule has 0 bridgehead atoms. The molecule has 1 unspecified atom stereocenters. The summed E-state index contributed by atoms with van der Waals surface area (Å²) in [5, 5.41) is 0. The van der Waals surface area contributed by atoms with Gasteiger partial charge in [-0.15, -0.1) is 0 Å². The van der Waals surface area contributed by atoms with Crippen molar-refractivity contribution < 1.29 is 9.47 Å². The van der Waals surface area contributed by atoms with E-state index in [-0.39, 0.29) is 6.04 Å². The Morgan fingerprint density at radius 1 is 1.39 bits per heavy atom. The van der Waals surface area contributed by atoms with E-state index in [4.69, 9.17) is 15.3 Å². The lowest BCUT2D eigenvalue weighted by molar-refractivity contribution is 0.170. The molecule has 0 aliphatic heterocycles. The summed E-state index contributed by atoms with van der Waals surface area (Å²) in [4.78, 5) is 10.3. The second kappa shape index (κ2) is 7.80. The average Bonchev–Trinajstić information content (AvgIpc) is 2.40. The molecule has 0 aromatic carbocycles. The van der Waals surface area contributed by atoms with Crippen LogP contribution in [0.15, 0.2) is 12.4 Å².